The fraction of sp³-hybridized carbons (Fsp3) is 0.444. The fourth-order valence-electron chi connectivity index (χ4n) is 1.56. The van der Waals surface area contributed by atoms with Crippen molar-refractivity contribution in [2.45, 2.75) is 6.42 Å². The number of aromatic nitrogens is 2. The van der Waals surface area contributed by atoms with Gasteiger partial charge in [-0.2, -0.15) is 0 Å². The normalized spacial score (nSPS) is 21.6. The van der Waals surface area contributed by atoms with E-state index in [1.165, 1.54) is 0 Å². The molecule has 1 N–H and O–H groups in total. The Morgan fingerprint density at radius 3 is 3.00 bits per heavy atom. The third kappa shape index (κ3) is 1.58. The number of aliphatic hydroxyl groups is 1. The summed E-state index contributed by atoms with van der Waals surface area (Å²) in [6.07, 6.45) is 5.06. The third-order valence-corrected chi connectivity index (χ3v) is 2.29. The Morgan fingerprint density at radius 1 is 1.57 bits per heavy atom. The first-order chi connectivity index (χ1) is 6.81. The van der Waals surface area contributed by atoms with Gasteiger partial charge < -0.3 is 5.11 Å². The highest BCUT2D eigenvalue weighted by molar-refractivity contribution is 5.94. The molecule has 14 heavy (non-hydrogen) atoms. The first-order valence-corrected chi connectivity index (χ1v) is 4.48. The fourth-order valence-corrected chi connectivity index (χ4v) is 1.56. The van der Waals surface area contributed by atoms with Gasteiger partial charge in [0, 0.05) is 37.9 Å². The molecule has 1 atom stereocenters. The predicted octanol–water partition coefficient (Wildman–Crippen LogP) is -0.178. The Labute approximate surface area is 81.4 Å². The topological polar surface area (TPSA) is 66.3 Å². The van der Waals surface area contributed by atoms with E-state index in [0.717, 1.165) is 0 Å². The molecule has 1 amide bonds. The Balaban J connectivity index is 2.17. The lowest BCUT2D eigenvalue weighted by atomic mass is 10.1. The molecule has 5 heteroatoms. The van der Waals surface area contributed by atoms with Gasteiger partial charge >= 0.3 is 0 Å². The molecule has 1 aromatic rings. The third-order valence-electron chi connectivity index (χ3n) is 2.29. The van der Waals surface area contributed by atoms with Crippen molar-refractivity contribution in [1.29, 1.82) is 0 Å². The Bertz CT molecular complexity index is 328. The summed E-state index contributed by atoms with van der Waals surface area (Å²) in [5, 5.41) is 8.93. The van der Waals surface area contributed by atoms with Gasteiger partial charge in [0.1, 0.15) is 0 Å². The van der Waals surface area contributed by atoms with Crippen molar-refractivity contribution in [2.24, 2.45) is 5.92 Å². The van der Waals surface area contributed by atoms with Gasteiger partial charge in [-0.25, -0.2) is 4.98 Å². The molecule has 2 rings (SSSR count). The number of hydrogen-bond acceptors (Lipinski definition) is 4. The van der Waals surface area contributed by atoms with Crippen LogP contribution < -0.4 is 4.90 Å². The summed E-state index contributed by atoms with van der Waals surface area (Å²) < 4.78 is 0. The lowest BCUT2D eigenvalue weighted by Gasteiger charge is -2.13. The minimum atomic E-state index is 0.00421. The molecular weight excluding hydrogens is 182 g/mol. The highest BCUT2D eigenvalue weighted by Gasteiger charge is 2.30. The van der Waals surface area contributed by atoms with Gasteiger partial charge in [0.15, 0.2) is 5.82 Å². The maximum Gasteiger partial charge on any atom is 0.228 e. The van der Waals surface area contributed by atoms with Crippen LogP contribution in [0.3, 0.4) is 0 Å². The van der Waals surface area contributed by atoms with Gasteiger partial charge in [0.2, 0.25) is 5.91 Å². The van der Waals surface area contributed by atoms with Gasteiger partial charge in [0.25, 0.3) is 0 Å². The van der Waals surface area contributed by atoms with E-state index in [4.69, 9.17) is 5.11 Å². The summed E-state index contributed by atoms with van der Waals surface area (Å²) in [7, 11) is 0. The highest BCUT2D eigenvalue weighted by atomic mass is 16.3. The summed E-state index contributed by atoms with van der Waals surface area (Å²) >= 11 is 0. The SMILES string of the molecule is O=C1CC(CO)CN1c1cnccn1. The van der Waals surface area contributed by atoms with Crippen molar-refractivity contribution >= 4 is 11.7 Å². The maximum atomic E-state index is 11.5. The molecule has 1 unspecified atom stereocenters. The molecule has 0 spiro atoms. The summed E-state index contributed by atoms with van der Waals surface area (Å²) in [4.78, 5) is 21.0. The van der Waals surface area contributed by atoms with Crippen molar-refractivity contribution in [2.75, 3.05) is 18.1 Å². The van der Waals surface area contributed by atoms with Gasteiger partial charge in [-0.15, -0.1) is 0 Å². The zero-order valence-electron chi connectivity index (χ0n) is 7.63. The molecular formula is C9H11N3O2. The van der Waals surface area contributed by atoms with Crippen LogP contribution in [0.25, 0.3) is 0 Å². The van der Waals surface area contributed by atoms with Crippen LogP contribution >= 0.6 is 0 Å². The zero-order chi connectivity index (χ0) is 9.97. The average molecular weight is 193 g/mol. The standard InChI is InChI=1S/C9H11N3O2/c13-6-7-3-9(14)12(5-7)8-4-10-1-2-11-8/h1-2,4,7,13H,3,5-6H2. The minimum Gasteiger partial charge on any atom is -0.396 e. The number of nitrogens with zero attached hydrogens (tertiary/aromatic N) is 3. The second kappa shape index (κ2) is 3.71. The van der Waals surface area contributed by atoms with E-state index in [1.807, 2.05) is 0 Å². The van der Waals surface area contributed by atoms with Crippen molar-refractivity contribution < 1.29 is 9.90 Å². The molecule has 0 aromatic carbocycles. The molecule has 74 valence electrons. The van der Waals surface area contributed by atoms with Gasteiger partial charge in [-0.1, -0.05) is 0 Å². The zero-order valence-corrected chi connectivity index (χ0v) is 7.63. The number of hydrogen-bond donors (Lipinski definition) is 1. The van der Waals surface area contributed by atoms with Crippen LogP contribution in [-0.2, 0) is 4.79 Å². The molecule has 0 bridgehead atoms. The number of anilines is 1. The van der Waals surface area contributed by atoms with E-state index in [-0.39, 0.29) is 18.4 Å². The molecule has 0 aliphatic carbocycles. The molecule has 1 aliphatic rings. The van der Waals surface area contributed by atoms with Crippen LogP contribution in [0, 0.1) is 5.92 Å². The number of aliphatic hydroxyl groups excluding tert-OH is 1. The number of carbonyl (C=O) groups is 1. The van der Waals surface area contributed by atoms with Crippen LogP contribution in [0.5, 0.6) is 0 Å². The van der Waals surface area contributed by atoms with Crippen LogP contribution in [0.15, 0.2) is 18.6 Å². The van der Waals surface area contributed by atoms with Crippen LogP contribution in [-0.4, -0.2) is 34.1 Å². The summed E-state index contributed by atoms with van der Waals surface area (Å²) in [6, 6.07) is 0. The first-order valence-electron chi connectivity index (χ1n) is 4.48. The number of carbonyl (C=O) groups excluding carboxylic acids is 1. The van der Waals surface area contributed by atoms with E-state index in [0.29, 0.717) is 18.8 Å². The summed E-state index contributed by atoms with van der Waals surface area (Å²) in [6.45, 7) is 0.580. The lowest BCUT2D eigenvalue weighted by Crippen LogP contribution is -2.25. The Kier molecular flexibility index (Phi) is 2.41. The second-order valence-electron chi connectivity index (χ2n) is 3.32. The van der Waals surface area contributed by atoms with Crippen molar-refractivity contribution in [3.05, 3.63) is 18.6 Å². The molecule has 0 radical (unpaired) electrons. The Morgan fingerprint density at radius 2 is 2.43 bits per heavy atom. The molecule has 1 saturated heterocycles. The van der Waals surface area contributed by atoms with E-state index in [2.05, 4.69) is 9.97 Å². The molecule has 1 aromatic heterocycles. The van der Waals surface area contributed by atoms with E-state index >= 15 is 0 Å². The predicted molar refractivity (Wildman–Crippen MR) is 49.6 cm³/mol. The molecule has 0 saturated carbocycles. The van der Waals surface area contributed by atoms with Crippen LogP contribution in [0.2, 0.25) is 0 Å². The quantitative estimate of drug-likeness (QED) is 0.707. The highest BCUT2D eigenvalue weighted by Crippen LogP contribution is 2.21. The summed E-state index contributed by atoms with van der Waals surface area (Å²) in [5.74, 6) is 0.600. The van der Waals surface area contributed by atoms with Gasteiger partial charge in [-0.3, -0.25) is 14.7 Å². The number of rotatable bonds is 2. The molecule has 1 aliphatic heterocycles. The molecule has 5 nitrogen and oxygen atoms in total. The molecule has 1 fully saturated rings. The maximum absolute atomic E-state index is 11.5. The van der Waals surface area contributed by atoms with Gasteiger partial charge in [-0.05, 0) is 0 Å². The minimum absolute atomic E-state index is 0.00421. The smallest absolute Gasteiger partial charge is 0.228 e. The average Bonchev–Trinajstić information content (AvgIpc) is 2.61. The van der Waals surface area contributed by atoms with Crippen molar-refractivity contribution in [3.63, 3.8) is 0 Å². The van der Waals surface area contributed by atoms with E-state index < -0.39 is 0 Å². The number of amides is 1. The van der Waals surface area contributed by atoms with Gasteiger partial charge in [0.05, 0.1) is 6.20 Å². The van der Waals surface area contributed by atoms with Crippen molar-refractivity contribution in [1.82, 2.24) is 9.97 Å². The largest absolute Gasteiger partial charge is 0.396 e. The monoisotopic (exact) mass is 193 g/mol. The summed E-state index contributed by atoms with van der Waals surface area (Å²) in [5.41, 5.74) is 0. The van der Waals surface area contributed by atoms with Crippen LogP contribution in [0.1, 0.15) is 6.42 Å². The second-order valence-corrected chi connectivity index (χ2v) is 3.32. The van der Waals surface area contributed by atoms with Crippen LogP contribution in [0.4, 0.5) is 5.82 Å². The van der Waals surface area contributed by atoms with E-state index in [1.54, 1.807) is 23.5 Å². The molecule has 2 heterocycles. The first kappa shape index (κ1) is 9.08. The lowest BCUT2D eigenvalue weighted by molar-refractivity contribution is -0.117. The van der Waals surface area contributed by atoms with E-state index in [9.17, 15) is 4.79 Å². The Hall–Kier alpha value is -1.49. The van der Waals surface area contributed by atoms with Crippen molar-refractivity contribution in [3.8, 4) is 0 Å².